The predicted molar refractivity (Wildman–Crippen MR) is 108 cm³/mol. The van der Waals surface area contributed by atoms with Gasteiger partial charge in [-0.15, -0.1) is 0 Å². The number of nitrogens with one attached hydrogen (secondary N) is 1. The van der Waals surface area contributed by atoms with Gasteiger partial charge in [0.25, 0.3) is 0 Å². The van der Waals surface area contributed by atoms with Gasteiger partial charge in [0.1, 0.15) is 11.1 Å². The van der Waals surface area contributed by atoms with Crippen molar-refractivity contribution in [3.63, 3.8) is 0 Å². The van der Waals surface area contributed by atoms with E-state index < -0.39 is 27.9 Å². The minimum absolute atomic E-state index is 0.0804. The van der Waals surface area contributed by atoms with Gasteiger partial charge >= 0.3 is 6.18 Å². The zero-order valence-electron chi connectivity index (χ0n) is 16.0. The van der Waals surface area contributed by atoms with Crippen LogP contribution in [0, 0.1) is 6.92 Å². The molecule has 8 heteroatoms. The van der Waals surface area contributed by atoms with Crippen molar-refractivity contribution in [3.8, 4) is 0 Å². The normalized spacial score (nSPS) is 18.5. The molecule has 0 saturated carbocycles. The number of rotatable bonds is 3. The van der Waals surface area contributed by atoms with Gasteiger partial charge in [0.15, 0.2) is 0 Å². The Hall–Kier alpha value is -2.84. The molecule has 0 aromatic heterocycles. The molecule has 1 aliphatic heterocycles. The van der Waals surface area contributed by atoms with E-state index in [-0.39, 0.29) is 11.4 Å². The number of benzene rings is 3. The average molecular weight is 432 g/mol. The molecule has 4 rings (SSSR count). The number of para-hydroxylation sites is 1. The van der Waals surface area contributed by atoms with Gasteiger partial charge in [0.2, 0.25) is 10.0 Å². The highest BCUT2D eigenvalue weighted by Gasteiger charge is 2.39. The summed E-state index contributed by atoms with van der Waals surface area (Å²) < 4.78 is 67.0. The molecule has 0 unspecified atom stereocenters. The molecule has 1 heterocycles. The van der Waals surface area contributed by atoms with Crippen LogP contribution >= 0.6 is 0 Å². The number of hydrogen-bond acceptors (Lipinski definition) is 3. The van der Waals surface area contributed by atoms with Crippen LogP contribution < -0.4 is 5.32 Å². The smallest absolute Gasteiger partial charge is 0.364 e. The van der Waals surface area contributed by atoms with Crippen molar-refractivity contribution in [1.82, 2.24) is 4.31 Å². The fourth-order valence-electron chi connectivity index (χ4n) is 3.57. The highest BCUT2D eigenvalue weighted by atomic mass is 32.2. The highest BCUT2D eigenvalue weighted by molar-refractivity contribution is 7.89. The van der Waals surface area contributed by atoms with Crippen LogP contribution in [-0.4, -0.2) is 12.7 Å². The van der Waals surface area contributed by atoms with Gasteiger partial charge < -0.3 is 5.32 Å². The Morgan fingerprint density at radius 1 is 0.967 bits per heavy atom. The molecule has 0 aliphatic carbocycles. The third-order valence-electron chi connectivity index (χ3n) is 5.03. The molecule has 30 heavy (non-hydrogen) atoms. The van der Waals surface area contributed by atoms with Crippen molar-refractivity contribution in [2.45, 2.75) is 30.7 Å². The first kappa shape index (κ1) is 20.4. The first-order valence-corrected chi connectivity index (χ1v) is 10.7. The Morgan fingerprint density at radius 3 is 2.33 bits per heavy atom. The number of nitrogens with zero attached hydrogens (tertiary/aromatic N) is 1. The van der Waals surface area contributed by atoms with Gasteiger partial charge in [-0.1, -0.05) is 54.1 Å². The summed E-state index contributed by atoms with van der Waals surface area (Å²) in [6.07, 6.45) is -5.30. The van der Waals surface area contributed by atoms with Crippen LogP contribution in [0.5, 0.6) is 0 Å². The lowest BCUT2D eigenvalue weighted by Gasteiger charge is -2.37. The third kappa shape index (κ3) is 3.80. The van der Waals surface area contributed by atoms with Crippen molar-refractivity contribution >= 4 is 15.7 Å². The molecule has 0 radical (unpaired) electrons. The highest BCUT2D eigenvalue weighted by Crippen LogP contribution is 2.40. The SMILES string of the molecule is Cc1cccc(CN2[C@@H](c3ccc(C(F)(F)F)cc3)Nc3ccccc3S2(=O)=O)c1. The van der Waals surface area contributed by atoms with Crippen LogP contribution in [0.4, 0.5) is 18.9 Å². The number of alkyl halides is 3. The first-order valence-electron chi connectivity index (χ1n) is 9.26. The number of fused-ring (bicyclic) bond motifs is 1. The molecule has 1 N–H and O–H groups in total. The van der Waals surface area contributed by atoms with Crippen LogP contribution in [0.25, 0.3) is 0 Å². The van der Waals surface area contributed by atoms with Crippen LogP contribution in [-0.2, 0) is 22.7 Å². The van der Waals surface area contributed by atoms with Crippen molar-refractivity contribution in [1.29, 1.82) is 0 Å². The van der Waals surface area contributed by atoms with Gasteiger partial charge in [-0.3, -0.25) is 0 Å². The van der Waals surface area contributed by atoms with E-state index in [1.807, 2.05) is 31.2 Å². The van der Waals surface area contributed by atoms with E-state index in [4.69, 9.17) is 0 Å². The molecular formula is C22H19F3N2O2S. The molecule has 1 atom stereocenters. The third-order valence-corrected chi connectivity index (χ3v) is 6.90. The van der Waals surface area contributed by atoms with Crippen LogP contribution in [0.15, 0.2) is 77.7 Å². The molecule has 0 amide bonds. The molecule has 3 aromatic rings. The molecule has 0 bridgehead atoms. The van der Waals surface area contributed by atoms with Crippen molar-refractivity contribution < 1.29 is 21.6 Å². The number of sulfonamides is 1. The molecule has 0 fully saturated rings. The fraction of sp³-hybridized carbons (Fsp3) is 0.182. The molecule has 0 spiro atoms. The summed E-state index contributed by atoms with van der Waals surface area (Å²) in [4.78, 5) is 0.140. The summed E-state index contributed by atoms with van der Waals surface area (Å²) in [6, 6.07) is 18.5. The van der Waals surface area contributed by atoms with Crippen molar-refractivity contribution in [2.75, 3.05) is 5.32 Å². The first-order chi connectivity index (χ1) is 14.2. The minimum Gasteiger partial charge on any atom is -0.364 e. The molecular weight excluding hydrogens is 413 g/mol. The van der Waals surface area contributed by atoms with Gasteiger partial charge in [0, 0.05) is 6.54 Å². The summed E-state index contributed by atoms with van der Waals surface area (Å²) in [5.74, 6) is 0. The monoisotopic (exact) mass is 432 g/mol. The fourth-order valence-corrected chi connectivity index (χ4v) is 5.24. The summed E-state index contributed by atoms with van der Waals surface area (Å²) >= 11 is 0. The molecule has 3 aromatic carbocycles. The maximum atomic E-state index is 13.4. The summed E-state index contributed by atoms with van der Waals surface area (Å²) in [5, 5.41) is 3.18. The quantitative estimate of drug-likeness (QED) is 0.609. The Balaban J connectivity index is 1.80. The Morgan fingerprint density at radius 2 is 1.67 bits per heavy atom. The summed E-state index contributed by atoms with van der Waals surface area (Å²) in [6.45, 7) is 1.99. The van der Waals surface area contributed by atoms with Crippen molar-refractivity contribution in [3.05, 3.63) is 95.1 Å². The minimum atomic E-state index is -4.46. The number of hydrogen-bond donors (Lipinski definition) is 1. The maximum Gasteiger partial charge on any atom is 0.416 e. The second-order valence-corrected chi connectivity index (χ2v) is 9.06. The van der Waals surface area contributed by atoms with Gasteiger partial charge in [0.05, 0.1) is 11.3 Å². The van der Waals surface area contributed by atoms with Crippen LogP contribution in [0.3, 0.4) is 0 Å². The van der Waals surface area contributed by atoms with E-state index >= 15 is 0 Å². The molecule has 156 valence electrons. The van der Waals surface area contributed by atoms with E-state index in [1.165, 1.54) is 22.5 Å². The second kappa shape index (κ2) is 7.45. The standard InChI is InChI=1S/C22H19F3N2O2S/c1-15-5-4-6-16(13-15)14-27-21(17-9-11-18(12-10-17)22(23,24)25)26-19-7-2-3-8-20(19)30(27,28)29/h2-13,21,26H,14H2,1H3/t21-/m0/s1. The van der Waals surface area contributed by atoms with E-state index in [1.54, 1.807) is 18.2 Å². The Kier molecular flexibility index (Phi) is 5.07. The Bertz CT molecular complexity index is 1180. The predicted octanol–water partition coefficient (Wildman–Crippen LogP) is 5.33. The lowest BCUT2D eigenvalue weighted by atomic mass is 10.1. The zero-order chi connectivity index (χ0) is 21.5. The molecule has 1 aliphatic rings. The number of halogens is 3. The van der Waals surface area contributed by atoms with E-state index in [0.717, 1.165) is 23.3 Å². The second-order valence-electron chi connectivity index (χ2n) is 7.20. The van der Waals surface area contributed by atoms with Crippen LogP contribution in [0.1, 0.15) is 28.4 Å². The Labute approximate surface area is 173 Å². The maximum absolute atomic E-state index is 13.4. The van der Waals surface area contributed by atoms with Crippen LogP contribution in [0.2, 0.25) is 0 Å². The largest absolute Gasteiger partial charge is 0.416 e. The molecule has 4 nitrogen and oxygen atoms in total. The van der Waals surface area contributed by atoms with Gasteiger partial charge in [-0.05, 0) is 42.3 Å². The number of anilines is 1. The topological polar surface area (TPSA) is 49.4 Å². The van der Waals surface area contributed by atoms with Gasteiger partial charge in [-0.2, -0.15) is 17.5 Å². The summed E-state index contributed by atoms with van der Waals surface area (Å²) in [5.41, 5.74) is 1.84. The van der Waals surface area contributed by atoms with E-state index in [9.17, 15) is 21.6 Å². The average Bonchev–Trinajstić information content (AvgIpc) is 2.70. The summed E-state index contributed by atoms with van der Waals surface area (Å²) in [7, 11) is -3.88. The van der Waals surface area contributed by atoms with Crippen molar-refractivity contribution in [2.24, 2.45) is 0 Å². The molecule has 0 saturated heterocycles. The number of aryl methyl sites for hydroxylation is 1. The van der Waals surface area contributed by atoms with E-state index in [0.29, 0.717) is 11.3 Å². The zero-order valence-corrected chi connectivity index (χ0v) is 16.8. The lowest BCUT2D eigenvalue weighted by molar-refractivity contribution is -0.137. The van der Waals surface area contributed by atoms with E-state index in [2.05, 4.69) is 5.32 Å². The lowest BCUT2D eigenvalue weighted by Crippen LogP contribution is -2.42. The van der Waals surface area contributed by atoms with Gasteiger partial charge in [-0.25, -0.2) is 8.42 Å².